The van der Waals surface area contributed by atoms with E-state index in [9.17, 15) is 18.0 Å². The van der Waals surface area contributed by atoms with Gasteiger partial charge in [-0.25, -0.2) is 0 Å². The van der Waals surface area contributed by atoms with Gasteiger partial charge >= 0.3 is 11.9 Å². The summed E-state index contributed by atoms with van der Waals surface area (Å²) in [5.41, 5.74) is 0. The van der Waals surface area contributed by atoms with E-state index in [4.69, 9.17) is 19.1 Å². The first-order valence-electron chi connectivity index (χ1n) is 12.7. The minimum atomic E-state index is -4.83. The Hall–Kier alpha value is -1.19. The summed E-state index contributed by atoms with van der Waals surface area (Å²) in [6.45, 7) is 2.68. The number of hydrogen-bond donors (Lipinski definition) is 2. The summed E-state index contributed by atoms with van der Waals surface area (Å²) in [5.74, 6) is -2.81. The number of rotatable bonds is 24. The van der Waals surface area contributed by atoms with Crippen molar-refractivity contribution in [3.63, 3.8) is 0 Å². The smallest absolute Gasteiger partial charge is 0.327 e. The lowest BCUT2D eigenvalue weighted by Gasteiger charge is -2.11. The zero-order chi connectivity index (χ0) is 24.8. The topological polar surface area (TPSA) is 127 Å². The number of aliphatic carboxylic acids is 1. The maximum atomic E-state index is 11.6. The van der Waals surface area contributed by atoms with Crippen LogP contribution in [0.5, 0.6) is 0 Å². The SMILES string of the molecule is CCCCCCCCCCCCCCCCCCOCCOC(=O)C(CC(=O)O)S(=O)(=O)O. The fourth-order valence-electron chi connectivity index (χ4n) is 3.62. The van der Waals surface area contributed by atoms with Gasteiger partial charge in [0.25, 0.3) is 10.1 Å². The molecule has 0 aliphatic rings. The molecule has 0 spiro atoms. The molecule has 0 amide bonds. The molecule has 0 aromatic heterocycles. The van der Waals surface area contributed by atoms with Crippen LogP contribution < -0.4 is 0 Å². The summed E-state index contributed by atoms with van der Waals surface area (Å²) >= 11 is 0. The van der Waals surface area contributed by atoms with Gasteiger partial charge in [0.05, 0.1) is 13.0 Å². The Morgan fingerprint density at radius 2 is 1.12 bits per heavy atom. The summed E-state index contributed by atoms with van der Waals surface area (Å²) in [4.78, 5) is 22.2. The number of hydrogen-bond acceptors (Lipinski definition) is 6. The van der Waals surface area contributed by atoms with Crippen molar-refractivity contribution in [3.05, 3.63) is 0 Å². The average Bonchev–Trinajstić information content (AvgIpc) is 2.75. The van der Waals surface area contributed by atoms with Crippen LogP contribution in [0.1, 0.15) is 116 Å². The minimum Gasteiger partial charge on any atom is -0.481 e. The van der Waals surface area contributed by atoms with E-state index in [2.05, 4.69) is 6.92 Å². The number of carbonyl (C=O) groups is 2. The minimum absolute atomic E-state index is 0.0930. The summed E-state index contributed by atoms with van der Waals surface area (Å²) in [5, 5.41) is 6.51. The standard InChI is InChI=1S/C24H46O8S/c1-2-3-4-5-6-7-8-9-10-11-12-13-14-15-16-17-18-31-19-20-32-24(27)22(21-23(25)26)33(28,29)30/h22H,2-21H2,1H3,(H,25,26)(H,28,29,30). The van der Waals surface area contributed by atoms with Crippen molar-refractivity contribution in [2.75, 3.05) is 19.8 Å². The molecule has 0 aliphatic carbocycles. The van der Waals surface area contributed by atoms with Crippen LogP contribution in [0.2, 0.25) is 0 Å². The molecular weight excluding hydrogens is 448 g/mol. The van der Waals surface area contributed by atoms with Gasteiger partial charge in [-0.1, -0.05) is 103 Å². The van der Waals surface area contributed by atoms with E-state index in [1.165, 1.54) is 89.9 Å². The van der Waals surface area contributed by atoms with Crippen LogP contribution >= 0.6 is 0 Å². The predicted molar refractivity (Wildman–Crippen MR) is 129 cm³/mol. The molecule has 0 radical (unpaired) electrons. The van der Waals surface area contributed by atoms with Crippen LogP contribution in [0.15, 0.2) is 0 Å². The largest absolute Gasteiger partial charge is 0.481 e. The number of carboxylic acid groups (broad SMARTS) is 1. The van der Waals surface area contributed by atoms with Gasteiger partial charge in [0, 0.05) is 6.61 Å². The second-order valence-corrected chi connectivity index (χ2v) is 10.3. The Balaban J connectivity index is 3.41. The fourth-order valence-corrected chi connectivity index (χ4v) is 4.28. The van der Waals surface area contributed by atoms with Crippen molar-refractivity contribution in [2.24, 2.45) is 0 Å². The zero-order valence-corrected chi connectivity index (χ0v) is 21.3. The highest BCUT2D eigenvalue weighted by molar-refractivity contribution is 7.87. The number of ether oxygens (including phenoxy) is 2. The van der Waals surface area contributed by atoms with Crippen molar-refractivity contribution in [3.8, 4) is 0 Å². The highest BCUT2D eigenvalue weighted by Gasteiger charge is 2.34. The number of esters is 1. The van der Waals surface area contributed by atoms with E-state index in [0.29, 0.717) is 6.61 Å². The maximum Gasteiger partial charge on any atom is 0.327 e. The normalized spacial score (nSPS) is 12.5. The first-order chi connectivity index (χ1) is 15.8. The molecule has 0 aliphatic heterocycles. The Bertz CT molecular complexity index is 591. The zero-order valence-electron chi connectivity index (χ0n) is 20.5. The van der Waals surface area contributed by atoms with Crippen molar-refractivity contribution in [1.82, 2.24) is 0 Å². The first kappa shape index (κ1) is 31.8. The third-order valence-corrected chi connectivity index (χ3v) is 6.67. The summed E-state index contributed by atoms with van der Waals surface area (Å²) in [6.07, 6.45) is 19.6. The van der Waals surface area contributed by atoms with E-state index in [0.717, 1.165) is 12.8 Å². The van der Waals surface area contributed by atoms with Gasteiger partial charge < -0.3 is 14.6 Å². The molecular formula is C24H46O8S. The third kappa shape index (κ3) is 21.1. The highest BCUT2D eigenvalue weighted by Crippen LogP contribution is 2.13. The van der Waals surface area contributed by atoms with Gasteiger partial charge in [-0.2, -0.15) is 8.42 Å². The maximum absolute atomic E-state index is 11.6. The molecule has 0 saturated heterocycles. The quantitative estimate of drug-likeness (QED) is 0.102. The second-order valence-electron chi connectivity index (χ2n) is 8.68. The molecule has 0 heterocycles. The summed E-state index contributed by atoms with van der Waals surface area (Å²) < 4.78 is 41.1. The Morgan fingerprint density at radius 3 is 1.52 bits per heavy atom. The van der Waals surface area contributed by atoms with Crippen LogP contribution in [-0.4, -0.2) is 55.1 Å². The number of carbonyl (C=O) groups excluding carboxylic acids is 1. The van der Waals surface area contributed by atoms with Crippen LogP contribution in [0, 0.1) is 0 Å². The van der Waals surface area contributed by atoms with Gasteiger partial charge in [-0.15, -0.1) is 0 Å². The van der Waals surface area contributed by atoms with Crippen molar-refractivity contribution in [1.29, 1.82) is 0 Å². The molecule has 0 saturated carbocycles. The monoisotopic (exact) mass is 494 g/mol. The van der Waals surface area contributed by atoms with Crippen molar-refractivity contribution in [2.45, 2.75) is 121 Å². The van der Waals surface area contributed by atoms with E-state index in [1.54, 1.807) is 0 Å². The molecule has 196 valence electrons. The van der Waals surface area contributed by atoms with Crippen molar-refractivity contribution < 1.29 is 37.1 Å². The molecule has 9 heteroatoms. The average molecular weight is 495 g/mol. The summed E-state index contributed by atoms with van der Waals surface area (Å²) in [6, 6.07) is 0. The van der Waals surface area contributed by atoms with Gasteiger partial charge in [0.2, 0.25) is 0 Å². The van der Waals surface area contributed by atoms with Crippen molar-refractivity contribution >= 4 is 22.1 Å². The van der Waals surface area contributed by atoms with Gasteiger partial charge in [-0.05, 0) is 6.42 Å². The van der Waals surface area contributed by atoms with Gasteiger partial charge in [-0.3, -0.25) is 14.1 Å². The van der Waals surface area contributed by atoms with E-state index < -0.39 is 33.7 Å². The number of unbranched alkanes of at least 4 members (excludes halogenated alkanes) is 15. The third-order valence-electron chi connectivity index (χ3n) is 5.60. The first-order valence-corrected chi connectivity index (χ1v) is 14.2. The van der Waals surface area contributed by atoms with E-state index >= 15 is 0 Å². The van der Waals surface area contributed by atoms with Gasteiger partial charge in [0.1, 0.15) is 6.61 Å². The molecule has 0 aromatic carbocycles. The Kier molecular flexibility index (Phi) is 20.6. The molecule has 1 unspecified atom stereocenters. The number of carboxylic acids is 1. The molecule has 1 atom stereocenters. The Labute approximate surface area is 200 Å². The van der Waals surface area contributed by atoms with E-state index in [-0.39, 0.29) is 13.2 Å². The molecule has 2 N–H and O–H groups in total. The molecule has 0 bridgehead atoms. The van der Waals surface area contributed by atoms with Crippen LogP contribution in [0.3, 0.4) is 0 Å². The van der Waals surface area contributed by atoms with Crippen LogP contribution in [-0.2, 0) is 29.2 Å². The Morgan fingerprint density at radius 1 is 0.697 bits per heavy atom. The van der Waals surface area contributed by atoms with Crippen LogP contribution in [0.25, 0.3) is 0 Å². The lowest BCUT2D eigenvalue weighted by Crippen LogP contribution is -2.34. The van der Waals surface area contributed by atoms with Gasteiger partial charge in [0.15, 0.2) is 5.25 Å². The molecule has 33 heavy (non-hydrogen) atoms. The molecule has 0 aromatic rings. The molecule has 8 nitrogen and oxygen atoms in total. The fraction of sp³-hybridized carbons (Fsp3) is 0.917. The lowest BCUT2D eigenvalue weighted by atomic mass is 10.0. The summed E-state index contributed by atoms with van der Waals surface area (Å²) in [7, 11) is -4.83. The predicted octanol–water partition coefficient (Wildman–Crippen LogP) is 5.54. The lowest BCUT2D eigenvalue weighted by molar-refractivity contribution is -0.148. The molecule has 0 rings (SSSR count). The highest BCUT2D eigenvalue weighted by atomic mass is 32.2. The van der Waals surface area contributed by atoms with Crippen LogP contribution in [0.4, 0.5) is 0 Å². The van der Waals surface area contributed by atoms with E-state index in [1.807, 2.05) is 0 Å². The molecule has 0 fully saturated rings. The second kappa shape index (κ2) is 21.4.